The number of rotatable bonds is 7. The average Bonchev–Trinajstić information content (AvgIpc) is 3.30. The number of imidazole rings is 1. The Balaban J connectivity index is 1.64. The molecular formula is C20H16N4O4S. The summed E-state index contributed by atoms with van der Waals surface area (Å²) in [5.41, 5.74) is 7.74. The summed E-state index contributed by atoms with van der Waals surface area (Å²) in [4.78, 5) is 28.0. The van der Waals surface area contributed by atoms with Crippen molar-refractivity contribution in [2.24, 2.45) is 5.73 Å². The van der Waals surface area contributed by atoms with E-state index in [4.69, 9.17) is 10.5 Å². The molecule has 29 heavy (non-hydrogen) atoms. The zero-order chi connectivity index (χ0) is 20.4. The Hall–Kier alpha value is -3.72. The van der Waals surface area contributed by atoms with Crippen LogP contribution in [0.15, 0.2) is 60.9 Å². The van der Waals surface area contributed by atoms with E-state index in [-0.39, 0.29) is 18.7 Å². The lowest BCUT2D eigenvalue weighted by atomic mass is 10.2. The number of primary amides is 1. The maximum atomic E-state index is 11.5. The van der Waals surface area contributed by atoms with Crippen LogP contribution in [-0.4, -0.2) is 20.2 Å². The Bertz CT molecular complexity index is 1210. The maximum Gasteiger partial charge on any atom is 0.269 e. The molecule has 1 amide bonds. The molecule has 0 saturated heterocycles. The van der Waals surface area contributed by atoms with Crippen LogP contribution in [0.5, 0.6) is 5.75 Å². The number of fused-ring (bicyclic) bond motifs is 1. The van der Waals surface area contributed by atoms with Crippen molar-refractivity contribution in [1.82, 2.24) is 9.38 Å². The molecule has 1 aromatic carbocycles. The van der Waals surface area contributed by atoms with Crippen LogP contribution in [0, 0.1) is 10.1 Å². The molecule has 0 aliphatic carbocycles. The largest absolute Gasteiger partial charge is 0.488 e. The topological polar surface area (TPSA) is 113 Å². The van der Waals surface area contributed by atoms with Crippen molar-refractivity contribution >= 4 is 28.6 Å². The van der Waals surface area contributed by atoms with E-state index in [2.05, 4.69) is 4.98 Å². The Labute approximate surface area is 169 Å². The number of carbonyl (C=O) groups is 1. The number of nitro benzene ring substituents is 1. The van der Waals surface area contributed by atoms with Gasteiger partial charge in [-0.2, -0.15) is 0 Å². The van der Waals surface area contributed by atoms with Crippen LogP contribution in [0.1, 0.15) is 10.4 Å². The third kappa shape index (κ3) is 3.94. The Kier molecular flexibility index (Phi) is 4.96. The molecule has 3 aromatic heterocycles. The number of ether oxygens (including phenoxy) is 1. The molecule has 3 heterocycles. The summed E-state index contributed by atoms with van der Waals surface area (Å²) < 4.78 is 7.85. The first-order valence-electron chi connectivity index (χ1n) is 8.71. The van der Waals surface area contributed by atoms with E-state index in [1.54, 1.807) is 18.3 Å². The van der Waals surface area contributed by atoms with Gasteiger partial charge in [0, 0.05) is 24.4 Å². The monoisotopic (exact) mass is 408 g/mol. The molecule has 9 heteroatoms. The fourth-order valence-electron chi connectivity index (χ4n) is 2.98. The summed E-state index contributed by atoms with van der Waals surface area (Å²) in [6, 6.07) is 13.8. The van der Waals surface area contributed by atoms with Gasteiger partial charge in [0.05, 0.1) is 33.0 Å². The number of thiophene rings is 1. The van der Waals surface area contributed by atoms with E-state index in [1.807, 2.05) is 34.9 Å². The number of aromatic nitrogens is 2. The summed E-state index contributed by atoms with van der Waals surface area (Å²) in [6.07, 6.45) is 3.72. The number of nitrogens with zero attached hydrogens (tertiary/aromatic N) is 3. The SMILES string of the molecule is NC(=O)Cc1sc(-c2cnc3ccccn23)cc1OCc1cccc([N+](=O)[O-])c1. The third-order valence-electron chi connectivity index (χ3n) is 4.29. The highest BCUT2D eigenvalue weighted by molar-refractivity contribution is 7.15. The van der Waals surface area contributed by atoms with Crippen molar-refractivity contribution in [3.8, 4) is 16.3 Å². The van der Waals surface area contributed by atoms with Crippen LogP contribution >= 0.6 is 11.3 Å². The van der Waals surface area contributed by atoms with E-state index in [1.165, 1.54) is 23.5 Å². The van der Waals surface area contributed by atoms with E-state index in [0.717, 1.165) is 16.2 Å². The highest BCUT2D eigenvalue weighted by Crippen LogP contribution is 2.37. The second-order valence-corrected chi connectivity index (χ2v) is 7.47. The molecule has 0 radical (unpaired) electrons. The van der Waals surface area contributed by atoms with Crippen molar-refractivity contribution in [3.63, 3.8) is 0 Å². The fraction of sp³-hybridized carbons (Fsp3) is 0.100. The molecule has 0 fully saturated rings. The van der Waals surface area contributed by atoms with Crippen molar-refractivity contribution in [2.45, 2.75) is 13.0 Å². The molecule has 0 unspecified atom stereocenters. The zero-order valence-electron chi connectivity index (χ0n) is 15.1. The first kappa shape index (κ1) is 18.6. The zero-order valence-corrected chi connectivity index (χ0v) is 16.0. The lowest BCUT2D eigenvalue weighted by Crippen LogP contribution is -2.13. The minimum atomic E-state index is -0.461. The Morgan fingerprint density at radius 1 is 1.24 bits per heavy atom. The van der Waals surface area contributed by atoms with Crippen molar-refractivity contribution in [2.75, 3.05) is 0 Å². The van der Waals surface area contributed by atoms with Crippen LogP contribution < -0.4 is 10.5 Å². The second kappa shape index (κ2) is 7.72. The summed E-state index contributed by atoms with van der Waals surface area (Å²) in [5, 5.41) is 11.0. The molecule has 8 nitrogen and oxygen atoms in total. The predicted octanol–water partition coefficient (Wildman–Crippen LogP) is 3.58. The number of amides is 1. The molecule has 4 aromatic rings. The molecule has 0 aliphatic rings. The number of nitro groups is 1. The van der Waals surface area contributed by atoms with Crippen molar-refractivity contribution in [1.29, 1.82) is 0 Å². The van der Waals surface area contributed by atoms with Gasteiger partial charge in [-0.3, -0.25) is 19.3 Å². The molecule has 0 aliphatic heterocycles. The Morgan fingerprint density at radius 3 is 2.90 bits per heavy atom. The molecule has 146 valence electrons. The third-order valence-corrected chi connectivity index (χ3v) is 5.43. The van der Waals surface area contributed by atoms with E-state index >= 15 is 0 Å². The molecule has 2 N–H and O–H groups in total. The van der Waals surface area contributed by atoms with Gasteiger partial charge in [0.15, 0.2) is 0 Å². The second-order valence-electron chi connectivity index (χ2n) is 6.33. The predicted molar refractivity (Wildman–Crippen MR) is 109 cm³/mol. The maximum absolute atomic E-state index is 11.5. The lowest BCUT2D eigenvalue weighted by molar-refractivity contribution is -0.384. The van der Waals surface area contributed by atoms with Gasteiger partial charge in [-0.05, 0) is 17.7 Å². The van der Waals surface area contributed by atoms with Crippen LogP contribution in [0.25, 0.3) is 16.2 Å². The molecule has 0 spiro atoms. The molecule has 0 saturated carbocycles. The lowest BCUT2D eigenvalue weighted by Gasteiger charge is -2.06. The van der Waals surface area contributed by atoms with Crippen LogP contribution in [0.2, 0.25) is 0 Å². The van der Waals surface area contributed by atoms with E-state index in [0.29, 0.717) is 16.2 Å². The molecule has 0 bridgehead atoms. The minimum absolute atomic E-state index is 0.000182. The number of hydrogen-bond donors (Lipinski definition) is 1. The summed E-state index contributed by atoms with van der Waals surface area (Å²) >= 11 is 1.41. The number of nitrogens with two attached hydrogens (primary N) is 1. The van der Waals surface area contributed by atoms with Gasteiger partial charge in [0.2, 0.25) is 5.91 Å². The van der Waals surface area contributed by atoms with Crippen molar-refractivity contribution < 1.29 is 14.5 Å². The minimum Gasteiger partial charge on any atom is -0.488 e. The quantitative estimate of drug-likeness (QED) is 0.371. The van der Waals surface area contributed by atoms with E-state index < -0.39 is 10.8 Å². The summed E-state index contributed by atoms with van der Waals surface area (Å²) in [6.45, 7) is 0.136. The normalized spacial score (nSPS) is 10.9. The van der Waals surface area contributed by atoms with Gasteiger partial charge in [-0.1, -0.05) is 18.2 Å². The molecule has 4 rings (SSSR count). The first-order chi connectivity index (χ1) is 14.0. The van der Waals surface area contributed by atoms with Crippen LogP contribution in [-0.2, 0) is 17.8 Å². The van der Waals surface area contributed by atoms with Gasteiger partial charge in [-0.25, -0.2) is 4.98 Å². The number of pyridine rings is 1. The molecule has 0 atom stereocenters. The smallest absolute Gasteiger partial charge is 0.269 e. The van der Waals surface area contributed by atoms with Gasteiger partial charge >= 0.3 is 0 Å². The van der Waals surface area contributed by atoms with Gasteiger partial charge in [0.1, 0.15) is 18.0 Å². The number of benzene rings is 1. The van der Waals surface area contributed by atoms with Crippen LogP contribution in [0.3, 0.4) is 0 Å². The van der Waals surface area contributed by atoms with Gasteiger partial charge in [0.25, 0.3) is 5.69 Å². The Morgan fingerprint density at radius 2 is 2.10 bits per heavy atom. The van der Waals surface area contributed by atoms with Crippen LogP contribution in [0.4, 0.5) is 5.69 Å². The van der Waals surface area contributed by atoms with Crippen molar-refractivity contribution in [3.05, 3.63) is 81.5 Å². The number of carbonyl (C=O) groups excluding carboxylic acids is 1. The molecular weight excluding hydrogens is 392 g/mol. The fourth-order valence-corrected chi connectivity index (χ4v) is 4.10. The van der Waals surface area contributed by atoms with E-state index in [9.17, 15) is 14.9 Å². The summed E-state index contributed by atoms with van der Waals surface area (Å²) in [7, 11) is 0. The average molecular weight is 408 g/mol. The van der Waals surface area contributed by atoms with Gasteiger partial charge in [-0.15, -0.1) is 11.3 Å². The van der Waals surface area contributed by atoms with Gasteiger partial charge < -0.3 is 10.5 Å². The number of non-ortho nitro benzene ring substituents is 1. The standard InChI is InChI=1S/C20H16N4O4S/c21-19(25)10-18-16(28-12-13-4-3-5-14(8-13)24(26)27)9-17(29-18)15-11-22-20-6-1-2-7-23(15)20/h1-9,11H,10,12H2,(H2,21,25). The first-order valence-corrected chi connectivity index (χ1v) is 9.52. The summed E-state index contributed by atoms with van der Waals surface area (Å²) in [5.74, 6) is 0.0675. The highest BCUT2D eigenvalue weighted by Gasteiger charge is 2.17. The number of hydrogen-bond acceptors (Lipinski definition) is 6. The highest BCUT2D eigenvalue weighted by atomic mass is 32.1.